The van der Waals surface area contributed by atoms with Gasteiger partial charge in [0.2, 0.25) is 5.91 Å². The van der Waals surface area contributed by atoms with E-state index in [2.05, 4.69) is 25.5 Å². The summed E-state index contributed by atoms with van der Waals surface area (Å²) in [5, 5.41) is 10.6. The van der Waals surface area contributed by atoms with Gasteiger partial charge < -0.3 is 10.3 Å². The summed E-state index contributed by atoms with van der Waals surface area (Å²) >= 11 is 0. The Morgan fingerprint density at radius 3 is 2.67 bits per heavy atom. The van der Waals surface area contributed by atoms with Crippen molar-refractivity contribution in [3.63, 3.8) is 0 Å². The van der Waals surface area contributed by atoms with E-state index in [-0.39, 0.29) is 17.6 Å². The third-order valence-corrected chi connectivity index (χ3v) is 7.53. The van der Waals surface area contributed by atoms with Crippen molar-refractivity contribution in [1.82, 2.24) is 30.1 Å². The maximum Gasteiger partial charge on any atom is 0.227 e. The number of hydrogen-bond donors (Lipinski definition) is 3. The number of anilines is 1. The molecule has 0 bridgehead atoms. The molecule has 1 amide bonds. The average molecular weight is 532 g/mol. The summed E-state index contributed by atoms with van der Waals surface area (Å²) in [4.78, 5) is 30.1. The first-order valence-electron chi connectivity index (χ1n) is 13.4. The standard InChI is InChI=1S/C31H26FN7O/c1-17-11-19(13-21(32)12-17)23-7-4-8-25-27(23)37-30(36-25)29-28-26(38-39-29)10-9-24(35-28)20-14-22(16-33-15-20)34-31(40)18-5-2-3-6-18/h4,7-16,18H,2-3,5-6H2,1H3,(H,34,40)(H,36,37)(H,38,39). The smallest absolute Gasteiger partial charge is 0.227 e. The highest BCUT2D eigenvalue weighted by atomic mass is 19.1. The van der Waals surface area contributed by atoms with Gasteiger partial charge in [-0.3, -0.25) is 14.9 Å². The molecule has 0 spiro atoms. The van der Waals surface area contributed by atoms with Gasteiger partial charge in [-0.1, -0.05) is 31.0 Å². The van der Waals surface area contributed by atoms with Gasteiger partial charge in [0.25, 0.3) is 0 Å². The van der Waals surface area contributed by atoms with Crippen LogP contribution in [0.15, 0.2) is 67.0 Å². The quantitative estimate of drug-likeness (QED) is 0.226. The van der Waals surface area contributed by atoms with E-state index >= 15 is 0 Å². The number of carbonyl (C=O) groups excluding carboxylic acids is 1. The fourth-order valence-electron chi connectivity index (χ4n) is 5.57. The van der Waals surface area contributed by atoms with Crippen LogP contribution in [0.1, 0.15) is 31.2 Å². The normalized spacial score (nSPS) is 13.8. The van der Waals surface area contributed by atoms with Crippen LogP contribution in [0.2, 0.25) is 0 Å². The molecule has 2 aromatic carbocycles. The van der Waals surface area contributed by atoms with Crippen molar-refractivity contribution in [3.8, 4) is 33.9 Å². The number of nitrogens with one attached hydrogen (secondary N) is 3. The summed E-state index contributed by atoms with van der Waals surface area (Å²) in [6.07, 6.45) is 7.46. The highest BCUT2D eigenvalue weighted by Crippen LogP contribution is 2.33. The first kappa shape index (κ1) is 24.1. The van der Waals surface area contributed by atoms with Gasteiger partial charge in [-0.15, -0.1) is 0 Å². The maximum atomic E-state index is 14.2. The van der Waals surface area contributed by atoms with Crippen molar-refractivity contribution in [3.05, 3.63) is 78.4 Å². The van der Waals surface area contributed by atoms with Gasteiger partial charge in [-0.25, -0.2) is 14.4 Å². The molecular formula is C31H26FN7O. The molecule has 7 rings (SSSR count). The monoisotopic (exact) mass is 531 g/mol. The molecule has 4 aromatic heterocycles. The van der Waals surface area contributed by atoms with Gasteiger partial charge in [0.1, 0.15) is 11.3 Å². The third kappa shape index (κ3) is 4.39. The molecule has 0 atom stereocenters. The number of H-pyrrole nitrogens is 2. The zero-order valence-corrected chi connectivity index (χ0v) is 21.8. The lowest BCUT2D eigenvalue weighted by molar-refractivity contribution is -0.119. The van der Waals surface area contributed by atoms with Crippen molar-refractivity contribution >= 4 is 33.7 Å². The first-order chi connectivity index (χ1) is 19.5. The predicted octanol–water partition coefficient (Wildman–Crippen LogP) is 6.81. The largest absolute Gasteiger partial charge is 0.336 e. The minimum Gasteiger partial charge on any atom is -0.336 e. The summed E-state index contributed by atoms with van der Waals surface area (Å²) in [5.74, 6) is 0.396. The van der Waals surface area contributed by atoms with Gasteiger partial charge in [0.15, 0.2) is 11.5 Å². The molecule has 0 aliphatic heterocycles. The molecule has 4 heterocycles. The molecule has 6 aromatic rings. The lowest BCUT2D eigenvalue weighted by Crippen LogP contribution is -2.20. The van der Waals surface area contributed by atoms with E-state index in [0.717, 1.165) is 64.5 Å². The van der Waals surface area contributed by atoms with Crippen molar-refractivity contribution in [2.75, 3.05) is 5.32 Å². The van der Waals surface area contributed by atoms with Gasteiger partial charge in [0.05, 0.1) is 34.1 Å². The topological polar surface area (TPSA) is 112 Å². The number of benzene rings is 2. The molecule has 1 aliphatic rings. The predicted molar refractivity (Wildman–Crippen MR) is 153 cm³/mol. The van der Waals surface area contributed by atoms with Crippen LogP contribution in [-0.2, 0) is 4.79 Å². The molecule has 0 saturated heterocycles. The Labute approximate surface area is 229 Å². The van der Waals surface area contributed by atoms with Gasteiger partial charge in [-0.2, -0.15) is 5.10 Å². The Kier molecular flexibility index (Phi) is 5.84. The van der Waals surface area contributed by atoms with E-state index in [0.29, 0.717) is 28.4 Å². The molecule has 9 heteroatoms. The Balaban J connectivity index is 1.25. The fourth-order valence-corrected chi connectivity index (χ4v) is 5.57. The Hall–Kier alpha value is -4.92. The summed E-state index contributed by atoms with van der Waals surface area (Å²) in [6.45, 7) is 1.87. The van der Waals surface area contributed by atoms with E-state index in [4.69, 9.17) is 9.97 Å². The van der Waals surface area contributed by atoms with Crippen molar-refractivity contribution < 1.29 is 9.18 Å². The van der Waals surface area contributed by atoms with Gasteiger partial charge in [0, 0.05) is 23.2 Å². The Morgan fingerprint density at radius 2 is 1.82 bits per heavy atom. The lowest BCUT2D eigenvalue weighted by atomic mass is 10.0. The molecule has 198 valence electrons. The number of aromatic nitrogens is 6. The number of carbonyl (C=O) groups is 1. The fraction of sp³-hybridized carbons (Fsp3) is 0.194. The average Bonchev–Trinajstić information content (AvgIpc) is 3.71. The molecule has 1 saturated carbocycles. The van der Waals surface area contributed by atoms with E-state index in [1.54, 1.807) is 12.4 Å². The number of halogens is 1. The molecule has 0 radical (unpaired) electrons. The van der Waals surface area contributed by atoms with E-state index < -0.39 is 0 Å². The Morgan fingerprint density at radius 1 is 0.950 bits per heavy atom. The number of para-hydroxylation sites is 1. The Bertz CT molecular complexity index is 1880. The molecule has 8 nitrogen and oxygen atoms in total. The zero-order chi connectivity index (χ0) is 27.2. The van der Waals surface area contributed by atoms with E-state index in [1.807, 2.05) is 49.4 Å². The number of amides is 1. The second-order valence-corrected chi connectivity index (χ2v) is 10.4. The number of aromatic amines is 2. The van der Waals surface area contributed by atoms with Crippen LogP contribution in [0.5, 0.6) is 0 Å². The number of pyridine rings is 2. The highest BCUT2D eigenvalue weighted by molar-refractivity contribution is 5.97. The van der Waals surface area contributed by atoms with E-state index in [9.17, 15) is 9.18 Å². The molecular weight excluding hydrogens is 505 g/mol. The second-order valence-electron chi connectivity index (χ2n) is 10.4. The SMILES string of the molecule is Cc1cc(F)cc(-c2cccc3[nH]c(-c4n[nH]c5ccc(-c6cncc(NC(=O)C7CCCC7)c6)nc45)nc23)c1. The number of rotatable bonds is 5. The van der Waals surface area contributed by atoms with Crippen LogP contribution in [-0.4, -0.2) is 36.0 Å². The summed E-state index contributed by atoms with van der Waals surface area (Å²) < 4.78 is 14.2. The van der Waals surface area contributed by atoms with Crippen LogP contribution in [0.25, 0.3) is 56.0 Å². The minimum atomic E-state index is -0.283. The molecule has 1 aliphatic carbocycles. The summed E-state index contributed by atoms with van der Waals surface area (Å²) in [7, 11) is 0. The maximum absolute atomic E-state index is 14.2. The number of hydrogen-bond acceptors (Lipinski definition) is 5. The summed E-state index contributed by atoms with van der Waals surface area (Å²) in [5.41, 5.74) is 8.11. The van der Waals surface area contributed by atoms with E-state index in [1.165, 1.54) is 12.1 Å². The van der Waals surface area contributed by atoms with Crippen molar-refractivity contribution in [2.45, 2.75) is 32.6 Å². The second kappa shape index (κ2) is 9.68. The molecule has 3 N–H and O–H groups in total. The van der Waals surface area contributed by atoms with Crippen LogP contribution in [0.4, 0.5) is 10.1 Å². The number of nitrogens with zero attached hydrogens (tertiary/aromatic N) is 4. The first-order valence-corrected chi connectivity index (χ1v) is 13.4. The molecule has 0 unspecified atom stereocenters. The number of aryl methyl sites for hydroxylation is 1. The minimum absolute atomic E-state index is 0.0506. The molecule has 40 heavy (non-hydrogen) atoms. The van der Waals surface area contributed by atoms with Gasteiger partial charge in [-0.05, 0) is 67.3 Å². The summed E-state index contributed by atoms with van der Waals surface area (Å²) in [6, 6.07) is 16.5. The van der Waals surface area contributed by atoms with Crippen LogP contribution >= 0.6 is 0 Å². The van der Waals surface area contributed by atoms with Crippen LogP contribution in [0.3, 0.4) is 0 Å². The van der Waals surface area contributed by atoms with Crippen LogP contribution in [0, 0.1) is 18.7 Å². The third-order valence-electron chi connectivity index (χ3n) is 7.53. The highest BCUT2D eigenvalue weighted by Gasteiger charge is 2.23. The number of imidazole rings is 1. The zero-order valence-electron chi connectivity index (χ0n) is 21.8. The van der Waals surface area contributed by atoms with Crippen LogP contribution < -0.4 is 5.32 Å². The lowest BCUT2D eigenvalue weighted by Gasteiger charge is -2.11. The van der Waals surface area contributed by atoms with Crippen molar-refractivity contribution in [2.24, 2.45) is 5.92 Å². The van der Waals surface area contributed by atoms with Gasteiger partial charge >= 0.3 is 0 Å². The van der Waals surface area contributed by atoms with Crippen molar-refractivity contribution in [1.29, 1.82) is 0 Å². The molecule has 1 fully saturated rings. The number of fused-ring (bicyclic) bond motifs is 2.